The molecule has 2 bridgehead atoms. The summed E-state index contributed by atoms with van der Waals surface area (Å²) in [5.41, 5.74) is 8.29. The van der Waals surface area contributed by atoms with E-state index in [4.69, 9.17) is 0 Å². The first-order chi connectivity index (χ1) is 15.7. The van der Waals surface area contributed by atoms with Crippen LogP contribution in [0.2, 0.25) is 0 Å². The number of rotatable bonds is 3. The van der Waals surface area contributed by atoms with E-state index in [9.17, 15) is 9.59 Å². The molecule has 1 aliphatic heterocycles. The molecule has 1 atom stereocenters. The lowest BCUT2D eigenvalue weighted by Gasteiger charge is -2.45. The fourth-order valence-corrected chi connectivity index (χ4v) is 6.00. The lowest BCUT2D eigenvalue weighted by Crippen LogP contribution is -2.39. The number of aryl methyl sites for hydroxylation is 1. The van der Waals surface area contributed by atoms with E-state index in [-0.39, 0.29) is 11.8 Å². The van der Waals surface area contributed by atoms with Gasteiger partial charge in [-0.3, -0.25) is 9.59 Å². The van der Waals surface area contributed by atoms with Gasteiger partial charge in [-0.2, -0.15) is 0 Å². The van der Waals surface area contributed by atoms with Gasteiger partial charge in [0.1, 0.15) is 0 Å². The van der Waals surface area contributed by atoms with Gasteiger partial charge in [-0.15, -0.1) is 0 Å². The average molecular weight is 423 g/mol. The second kappa shape index (κ2) is 7.63. The molecule has 1 unspecified atom stereocenters. The Balaban J connectivity index is 1.23. The lowest BCUT2D eigenvalue weighted by atomic mass is 9.59. The Labute approximate surface area is 188 Å². The summed E-state index contributed by atoms with van der Waals surface area (Å²) in [4.78, 5) is 24.8. The van der Waals surface area contributed by atoms with E-state index in [1.54, 1.807) is 0 Å². The monoisotopic (exact) mass is 422 g/mol. The number of nitrogens with one attached hydrogen (secondary N) is 2. The highest BCUT2D eigenvalue weighted by atomic mass is 16.2. The topological polar surface area (TPSA) is 58.2 Å². The van der Waals surface area contributed by atoms with Gasteiger partial charge < -0.3 is 10.6 Å². The van der Waals surface area contributed by atoms with Crippen molar-refractivity contribution in [1.82, 2.24) is 5.32 Å². The zero-order valence-electron chi connectivity index (χ0n) is 17.9. The van der Waals surface area contributed by atoms with Gasteiger partial charge in [-0.1, -0.05) is 48.5 Å². The Morgan fingerprint density at radius 3 is 2.31 bits per heavy atom. The normalized spacial score (nSPS) is 22.8. The summed E-state index contributed by atoms with van der Waals surface area (Å²) in [6.45, 7) is 0.663. The van der Waals surface area contributed by atoms with Gasteiger partial charge in [0.05, 0.1) is 0 Å². The number of benzene rings is 3. The molecule has 0 fully saturated rings. The zero-order valence-corrected chi connectivity index (χ0v) is 17.9. The maximum absolute atomic E-state index is 13.0. The third-order valence-electron chi connectivity index (χ3n) is 7.44. The fraction of sp³-hybridized carbons (Fsp3) is 0.286. The van der Waals surface area contributed by atoms with Gasteiger partial charge in [0, 0.05) is 36.1 Å². The molecule has 160 valence electrons. The summed E-state index contributed by atoms with van der Waals surface area (Å²) in [6, 6.07) is 23.2. The Morgan fingerprint density at radius 1 is 0.906 bits per heavy atom. The number of fused-ring (bicyclic) bond motifs is 2. The van der Waals surface area contributed by atoms with Crippen molar-refractivity contribution in [3.8, 4) is 0 Å². The van der Waals surface area contributed by atoms with E-state index in [1.807, 2.05) is 18.2 Å². The van der Waals surface area contributed by atoms with Gasteiger partial charge in [-0.05, 0) is 71.2 Å². The van der Waals surface area contributed by atoms with E-state index in [1.165, 1.54) is 22.3 Å². The molecule has 3 aliphatic carbocycles. The van der Waals surface area contributed by atoms with Crippen molar-refractivity contribution in [3.05, 3.63) is 100 Å². The summed E-state index contributed by atoms with van der Waals surface area (Å²) < 4.78 is 0. The second-order valence-corrected chi connectivity index (χ2v) is 9.27. The number of amides is 2. The standard InChI is InChI=1S/C28H26N2O2/c31-26-11-5-6-17-14-18(12-13-25(17)30-26)28(32)29-16-19-15-24-20-7-1-3-9-22(20)27(19)23-10-4-2-8-21(23)24/h1-4,7-10,12-14,19,24,27H,5-6,11,15-16H2,(H,29,32)(H,30,31). The van der Waals surface area contributed by atoms with Crippen molar-refractivity contribution in [2.45, 2.75) is 37.5 Å². The fourth-order valence-electron chi connectivity index (χ4n) is 6.00. The van der Waals surface area contributed by atoms with E-state index in [2.05, 4.69) is 59.2 Å². The maximum atomic E-state index is 13.0. The van der Waals surface area contributed by atoms with Crippen LogP contribution >= 0.6 is 0 Å². The molecular formula is C28H26N2O2. The van der Waals surface area contributed by atoms with E-state index < -0.39 is 0 Å². The smallest absolute Gasteiger partial charge is 0.251 e. The van der Waals surface area contributed by atoms with Crippen molar-refractivity contribution in [1.29, 1.82) is 0 Å². The molecule has 0 radical (unpaired) electrons. The quantitative estimate of drug-likeness (QED) is 0.625. The van der Waals surface area contributed by atoms with Crippen LogP contribution in [-0.2, 0) is 11.2 Å². The Hall–Kier alpha value is -3.40. The minimum absolute atomic E-state index is 0.0357. The number of carbonyl (C=O) groups excluding carboxylic acids is 2. The lowest BCUT2D eigenvalue weighted by molar-refractivity contribution is -0.116. The number of anilines is 1. The van der Waals surface area contributed by atoms with Crippen LogP contribution < -0.4 is 10.6 Å². The van der Waals surface area contributed by atoms with Gasteiger partial charge >= 0.3 is 0 Å². The van der Waals surface area contributed by atoms with E-state index >= 15 is 0 Å². The third kappa shape index (κ3) is 3.13. The highest BCUT2D eigenvalue weighted by Crippen LogP contribution is 2.55. The average Bonchev–Trinajstić information content (AvgIpc) is 3.02. The molecule has 2 amide bonds. The molecule has 4 nitrogen and oxygen atoms in total. The van der Waals surface area contributed by atoms with Gasteiger partial charge in [0.2, 0.25) is 5.91 Å². The molecule has 1 heterocycles. The molecule has 7 rings (SSSR count). The van der Waals surface area contributed by atoms with Gasteiger partial charge in [-0.25, -0.2) is 0 Å². The maximum Gasteiger partial charge on any atom is 0.251 e. The predicted octanol–water partition coefficient (Wildman–Crippen LogP) is 4.99. The van der Waals surface area contributed by atoms with Crippen LogP contribution in [0.3, 0.4) is 0 Å². The summed E-state index contributed by atoms with van der Waals surface area (Å²) >= 11 is 0. The number of hydrogen-bond acceptors (Lipinski definition) is 2. The highest BCUT2D eigenvalue weighted by molar-refractivity contribution is 5.97. The van der Waals surface area contributed by atoms with Crippen molar-refractivity contribution in [2.24, 2.45) is 5.92 Å². The van der Waals surface area contributed by atoms with Gasteiger partial charge in [0.25, 0.3) is 5.91 Å². The summed E-state index contributed by atoms with van der Waals surface area (Å²) in [6.07, 6.45) is 3.22. The molecule has 4 aliphatic rings. The first kappa shape index (κ1) is 19.3. The molecule has 4 heteroatoms. The van der Waals surface area contributed by atoms with Crippen LogP contribution in [0, 0.1) is 5.92 Å². The minimum Gasteiger partial charge on any atom is -0.352 e. The SMILES string of the molecule is O=C1CCCc2cc(C(=O)NCC3CC4c5ccccc5C3c3ccccc34)ccc2N1. The number of carbonyl (C=O) groups is 2. The van der Waals surface area contributed by atoms with Crippen LogP contribution in [0.5, 0.6) is 0 Å². The second-order valence-electron chi connectivity index (χ2n) is 9.27. The predicted molar refractivity (Wildman–Crippen MR) is 125 cm³/mol. The molecule has 3 aromatic carbocycles. The molecule has 32 heavy (non-hydrogen) atoms. The number of hydrogen-bond donors (Lipinski definition) is 2. The first-order valence-electron chi connectivity index (χ1n) is 11.6. The van der Waals surface area contributed by atoms with Crippen molar-refractivity contribution >= 4 is 17.5 Å². The van der Waals surface area contributed by atoms with Crippen molar-refractivity contribution in [2.75, 3.05) is 11.9 Å². The van der Waals surface area contributed by atoms with E-state index in [0.717, 1.165) is 30.5 Å². The molecule has 3 aromatic rings. The highest BCUT2D eigenvalue weighted by Gasteiger charge is 2.42. The Morgan fingerprint density at radius 2 is 1.59 bits per heavy atom. The largest absolute Gasteiger partial charge is 0.352 e. The summed E-state index contributed by atoms with van der Waals surface area (Å²) in [5, 5.41) is 6.16. The molecule has 0 saturated heterocycles. The van der Waals surface area contributed by atoms with Crippen LogP contribution in [0.15, 0.2) is 66.7 Å². The van der Waals surface area contributed by atoms with Crippen molar-refractivity contribution in [3.63, 3.8) is 0 Å². The molecule has 0 aromatic heterocycles. The van der Waals surface area contributed by atoms with Gasteiger partial charge in [0.15, 0.2) is 0 Å². The van der Waals surface area contributed by atoms with Crippen LogP contribution in [0.1, 0.15) is 69.3 Å². The summed E-state index contributed by atoms with van der Waals surface area (Å²) in [7, 11) is 0. The summed E-state index contributed by atoms with van der Waals surface area (Å²) in [5.74, 6) is 1.13. The molecule has 2 N–H and O–H groups in total. The van der Waals surface area contributed by atoms with Crippen LogP contribution in [0.25, 0.3) is 0 Å². The Bertz CT molecular complexity index is 1180. The first-order valence-corrected chi connectivity index (χ1v) is 11.6. The van der Waals surface area contributed by atoms with Crippen LogP contribution in [0.4, 0.5) is 5.69 Å². The Kier molecular flexibility index (Phi) is 4.60. The van der Waals surface area contributed by atoms with E-state index in [0.29, 0.717) is 36.3 Å². The third-order valence-corrected chi connectivity index (χ3v) is 7.44. The molecule has 0 saturated carbocycles. The molecule has 0 spiro atoms. The van der Waals surface area contributed by atoms with Crippen molar-refractivity contribution < 1.29 is 9.59 Å². The molecular weight excluding hydrogens is 396 g/mol. The minimum atomic E-state index is -0.0357. The van der Waals surface area contributed by atoms with Crippen LogP contribution in [-0.4, -0.2) is 18.4 Å². The zero-order chi connectivity index (χ0) is 21.7.